The number of carbonyl (C=O) groups is 2. The predicted molar refractivity (Wildman–Crippen MR) is 133 cm³/mol. The first-order chi connectivity index (χ1) is 15.8. The number of primary amides is 1. The van der Waals surface area contributed by atoms with Crippen LogP contribution in [0, 0.1) is 13.8 Å². The molecule has 0 aliphatic rings. The number of nitrogens with zero attached hydrogens (tertiary/aromatic N) is 1. The van der Waals surface area contributed by atoms with Crippen molar-refractivity contribution < 1.29 is 14.7 Å². The van der Waals surface area contributed by atoms with Crippen molar-refractivity contribution in [2.75, 3.05) is 6.54 Å². The molecule has 5 heteroatoms. The monoisotopic (exact) mass is 446 g/mol. The number of carbonyl (C=O) groups excluding carboxylic acids is 2. The van der Waals surface area contributed by atoms with Gasteiger partial charge < -0.3 is 15.6 Å². The number of nitrogens with two attached hydrogens (primary N) is 1. The topological polar surface area (TPSA) is 83.2 Å². The van der Waals surface area contributed by atoms with E-state index in [1.54, 1.807) is 18.2 Å². The van der Waals surface area contributed by atoms with E-state index in [0.717, 1.165) is 29.7 Å². The smallest absolute Gasteiger partial charge is 0.419 e. The Morgan fingerprint density at radius 1 is 0.848 bits per heavy atom. The number of urea groups is 1. The van der Waals surface area contributed by atoms with Crippen molar-refractivity contribution in [3.05, 3.63) is 101 Å². The van der Waals surface area contributed by atoms with Gasteiger partial charge in [-0.3, -0.25) is 0 Å². The molecule has 0 fully saturated rings. The molecule has 3 rings (SSSR count). The predicted octanol–water partition coefficient (Wildman–Crippen LogP) is 4.78. The zero-order chi connectivity index (χ0) is 24.4. The van der Waals surface area contributed by atoms with Crippen LogP contribution in [0.25, 0.3) is 0 Å². The highest BCUT2D eigenvalue weighted by Gasteiger charge is 2.44. The molecular formula is C28H34N2O3. The Labute approximate surface area is 197 Å². The Bertz CT molecular complexity index is 1030. The minimum atomic E-state index is -1.13. The Morgan fingerprint density at radius 2 is 1.36 bits per heavy atom. The van der Waals surface area contributed by atoms with Crippen molar-refractivity contribution in [2.45, 2.75) is 46.6 Å². The molecule has 2 N–H and O–H groups in total. The number of aromatic carboxylic acids is 1. The maximum atomic E-state index is 12.7. The van der Waals surface area contributed by atoms with Gasteiger partial charge in [-0.25, -0.2) is 9.28 Å². The molecule has 174 valence electrons. The third-order valence-corrected chi connectivity index (χ3v) is 6.15. The first-order valence-corrected chi connectivity index (χ1v) is 11.3. The molecule has 0 saturated heterocycles. The number of carboxylic acids is 1. The average molecular weight is 447 g/mol. The summed E-state index contributed by atoms with van der Waals surface area (Å²) in [6, 6.07) is 24.5. The van der Waals surface area contributed by atoms with Gasteiger partial charge in [0.05, 0.1) is 12.5 Å². The second-order valence-electron chi connectivity index (χ2n) is 8.17. The number of likely N-dealkylation sites (N-methyl/N-ethyl adjacent to an activating group) is 1. The minimum Gasteiger partial charge on any atom is -0.545 e. The molecule has 0 saturated carbocycles. The van der Waals surface area contributed by atoms with E-state index in [-0.39, 0.29) is 22.1 Å². The lowest BCUT2D eigenvalue weighted by Crippen LogP contribution is -2.64. The van der Waals surface area contributed by atoms with Crippen molar-refractivity contribution >= 4 is 17.7 Å². The molecule has 3 aromatic carbocycles. The third-order valence-electron chi connectivity index (χ3n) is 6.15. The molecule has 0 aromatic heterocycles. The van der Waals surface area contributed by atoms with Crippen LogP contribution >= 0.6 is 0 Å². The van der Waals surface area contributed by atoms with Gasteiger partial charge in [-0.05, 0) is 38.3 Å². The van der Waals surface area contributed by atoms with Crippen molar-refractivity contribution in [3.8, 4) is 0 Å². The summed E-state index contributed by atoms with van der Waals surface area (Å²) < 4.78 is 0.212. The molecule has 0 spiro atoms. The molecule has 0 radical (unpaired) electrons. The summed E-state index contributed by atoms with van der Waals surface area (Å²) in [7, 11) is 0. The second kappa shape index (κ2) is 12.0. The van der Waals surface area contributed by atoms with Gasteiger partial charge in [0, 0.05) is 17.5 Å². The Morgan fingerprint density at radius 3 is 1.76 bits per heavy atom. The van der Waals surface area contributed by atoms with Gasteiger partial charge in [-0.2, -0.15) is 0 Å². The van der Waals surface area contributed by atoms with E-state index < -0.39 is 5.97 Å². The van der Waals surface area contributed by atoms with Crippen LogP contribution in [0.2, 0.25) is 0 Å². The molecule has 0 aliphatic heterocycles. The first kappa shape index (κ1) is 25.8. The summed E-state index contributed by atoms with van der Waals surface area (Å²) in [4.78, 5) is 22.8. The van der Waals surface area contributed by atoms with Crippen LogP contribution in [0.3, 0.4) is 0 Å². The normalized spacial score (nSPS) is 13.2. The fraction of sp³-hybridized carbons (Fsp3) is 0.286. The molecule has 0 heterocycles. The van der Waals surface area contributed by atoms with E-state index in [4.69, 9.17) is 5.73 Å². The molecule has 2 amide bonds. The van der Waals surface area contributed by atoms with Gasteiger partial charge in [0.25, 0.3) is 0 Å². The molecule has 2 atom stereocenters. The highest BCUT2D eigenvalue weighted by atomic mass is 16.4. The molecule has 0 bridgehead atoms. The number of para-hydroxylation sites is 1. The lowest BCUT2D eigenvalue weighted by molar-refractivity contribution is -0.255. The number of carboxylic acid groups (broad SMARTS) is 1. The average Bonchev–Trinajstić information content (AvgIpc) is 2.82. The molecular weight excluding hydrogens is 412 g/mol. The van der Waals surface area contributed by atoms with Gasteiger partial charge in [0.1, 0.15) is 11.7 Å². The number of aryl methyl sites for hydroxylation is 2. The van der Waals surface area contributed by atoms with Crippen LogP contribution in [0.15, 0.2) is 78.9 Å². The summed E-state index contributed by atoms with van der Waals surface area (Å²) in [5.41, 5.74) is 10.8. The van der Waals surface area contributed by atoms with Gasteiger partial charge in [0.15, 0.2) is 0 Å². The fourth-order valence-electron chi connectivity index (χ4n) is 4.55. The van der Waals surface area contributed by atoms with Crippen LogP contribution in [-0.4, -0.2) is 24.6 Å². The quantitative estimate of drug-likeness (QED) is 0.530. The van der Waals surface area contributed by atoms with Crippen LogP contribution in [0.5, 0.6) is 0 Å². The van der Waals surface area contributed by atoms with E-state index in [1.165, 1.54) is 17.7 Å². The van der Waals surface area contributed by atoms with Crippen molar-refractivity contribution in [1.82, 2.24) is 4.48 Å². The van der Waals surface area contributed by atoms with Crippen LogP contribution in [0.1, 0.15) is 47.3 Å². The fourth-order valence-corrected chi connectivity index (χ4v) is 4.55. The van der Waals surface area contributed by atoms with E-state index in [0.29, 0.717) is 6.54 Å². The second-order valence-corrected chi connectivity index (χ2v) is 8.17. The van der Waals surface area contributed by atoms with Gasteiger partial charge in [-0.15, -0.1) is 0 Å². The first-order valence-electron chi connectivity index (χ1n) is 11.3. The lowest BCUT2D eigenvalue weighted by Gasteiger charge is -2.41. The molecule has 33 heavy (non-hydrogen) atoms. The van der Waals surface area contributed by atoms with Crippen molar-refractivity contribution in [1.29, 1.82) is 0 Å². The summed E-state index contributed by atoms with van der Waals surface area (Å²) in [6.07, 6.45) is 1.72. The number of hydrogen-bond donors (Lipinski definition) is 1. The van der Waals surface area contributed by atoms with Gasteiger partial charge in [0.2, 0.25) is 0 Å². The van der Waals surface area contributed by atoms with E-state index in [1.807, 2.05) is 24.3 Å². The number of quaternary nitrogens is 1. The number of amides is 2. The molecule has 5 nitrogen and oxygen atoms in total. The lowest BCUT2D eigenvalue weighted by atomic mass is 9.96. The number of hydrogen-bond acceptors (Lipinski definition) is 3. The highest BCUT2D eigenvalue weighted by molar-refractivity contribution is 5.88. The standard InChI is InChI=1S/C21H28N2O.C7H6O2/c1-5-19(15-18-13-8-7-9-14-18)23(6-2,21(22)24)20-16(3)11-10-12-17(20)4;8-7(9)6-4-2-1-3-5-6/h7-14,19H,5-6,15H2,1-4H3,(H-,22,24);1-5H,(H,8,9). The molecule has 0 aliphatic carbocycles. The Kier molecular flexibility index (Phi) is 9.37. The highest BCUT2D eigenvalue weighted by Crippen LogP contribution is 2.35. The van der Waals surface area contributed by atoms with Crippen LogP contribution in [0.4, 0.5) is 10.5 Å². The minimum absolute atomic E-state index is 0.120. The third kappa shape index (κ3) is 6.08. The van der Waals surface area contributed by atoms with Crippen molar-refractivity contribution in [2.24, 2.45) is 5.73 Å². The number of rotatable bonds is 7. The molecule has 2 unspecified atom stereocenters. The van der Waals surface area contributed by atoms with Crippen LogP contribution < -0.4 is 15.3 Å². The van der Waals surface area contributed by atoms with Crippen LogP contribution in [-0.2, 0) is 6.42 Å². The summed E-state index contributed by atoms with van der Waals surface area (Å²) >= 11 is 0. The van der Waals surface area contributed by atoms with E-state index in [2.05, 4.69) is 52.0 Å². The maximum absolute atomic E-state index is 12.7. The molecule has 3 aromatic rings. The van der Waals surface area contributed by atoms with Gasteiger partial charge in [-0.1, -0.05) is 85.8 Å². The maximum Gasteiger partial charge on any atom is 0.419 e. The Hall–Kier alpha value is -3.44. The zero-order valence-electron chi connectivity index (χ0n) is 20.0. The van der Waals surface area contributed by atoms with E-state index >= 15 is 0 Å². The van der Waals surface area contributed by atoms with Gasteiger partial charge >= 0.3 is 6.03 Å². The summed E-state index contributed by atoms with van der Waals surface area (Å²) in [5.74, 6) is -1.13. The number of benzene rings is 3. The zero-order valence-corrected chi connectivity index (χ0v) is 20.0. The summed E-state index contributed by atoms with van der Waals surface area (Å²) in [6.45, 7) is 9.01. The Balaban J connectivity index is 0.000000357. The largest absolute Gasteiger partial charge is 0.545 e. The van der Waals surface area contributed by atoms with Crippen molar-refractivity contribution in [3.63, 3.8) is 0 Å². The summed E-state index contributed by atoms with van der Waals surface area (Å²) in [5, 5.41) is 10.1. The van der Waals surface area contributed by atoms with E-state index in [9.17, 15) is 14.7 Å². The SMILES string of the molecule is CCC(Cc1ccccc1)[N+](CC)(C(N)=O)c1c(C)cccc1C.O=C([O-])c1ccccc1.